The van der Waals surface area contributed by atoms with Gasteiger partial charge in [-0.05, 0) is 74.4 Å². The quantitative estimate of drug-likeness (QED) is 0.696. The van der Waals surface area contributed by atoms with Crippen LogP contribution in [0.25, 0.3) is 0 Å². The number of anilines is 1. The van der Waals surface area contributed by atoms with E-state index in [0.29, 0.717) is 6.42 Å². The number of rotatable bonds is 7. The van der Waals surface area contributed by atoms with Crippen LogP contribution in [0.5, 0.6) is 5.75 Å². The Kier molecular flexibility index (Phi) is 7.18. The number of amides is 1. The third kappa shape index (κ3) is 5.75. The van der Waals surface area contributed by atoms with Crippen LogP contribution in [0.1, 0.15) is 57.2 Å². The molecule has 3 rings (SSSR count). The van der Waals surface area contributed by atoms with Crippen LogP contribution >= 0.6 is 0 Å². The molecule has 0 radical (unpaired) electrons. The maximum absolute atomic E-state index is 12.8. The van der Waals surface area contributed by atoms with Crippen LogP contribution in [-0.2, 0) is 4.79 Å². The maximum Gasteiger partial charge on any atom is 0.261 e. The fraction of sp³-hybridized carbons (Fsp3) is 0.480. The van der Waals surface area contributed by atoms with Crippen molar-refractivity contribution < 1.29 is 9.53 Å². The predicted octanol–water partition coefficient (Wildman–Crippen LogP) is 5.27. The summed E-state index contributed by atoms with van der Waals surface area (Å²) in [7, 11) is 0. The molecule has 4 nitrogen and oxygen atoms in total. The average molecular weight is 395 g/mol. The Labute approximate surface area is 175 Å². The van der Waals surface area contributed by atoms with Crippen LogP contribution in [0.2, 0.25) is 0 Å². The first kappa shape index (κ1) is 21.2. The topological polar surface area (TPSA) is 41.6 Å². The number of hydrogen-bond acceptors (Lipinski definition) is 3. The lowest BCUT2D eigenvalue weighted by atomic mass is 9.99. The molecule has 0 aliphatic carbocycles. The second-order valence-corrected chi connectivity index (χ2v) is 8.35. The largest absolute Gasteiger partial charge is 0.481 e. The molecule has 0 aromatic heterocycles. The van der Waals surface area contributed by atoms with Gasteiger partial charge in [0.1, 0.15) is 5.75 Å². The number of piperidine rings is 1. The van der Waals surface area contributed by atoms with E-state index >= 15 is 0 Å². The molecule has 1 heterocycles. The third-order valence-electron chi connectivity index (χ3n) is 5.71. The predicted molar refractivity (Wildman–Crippen MR) is 119 cm³/mol. The molecule has 2 aromatic rings. The van der Waals surface area contributed by atoms with Crippen molar-refractivity contribution in [2.75, 3.05) is 18.0 Å². The summed E-state index contributed by atoms with van der Waals surface area (Å²) >= 11 is 0. The van der Waals surface area contributed by atoms with Crippen molar-refractivity contribution in [3.8, 4) is 5.75 Å². The van der Waals surface area contributed by atoms with Gasteiger partial charge in [-0.25, -0.2) is 0 Å². The summed E-state index contributed by atoms with van der Waals surface area (Å²) in [6.45, 7) is 10.6. The van der Waals surface area contributed by atoms with Crippen LogP contribution in [0.4, 0.5) is 5.69 Å². The summed E-state index contributed by atoms with van der Waals surface area (Å²) < 4.78 is 5.93. The van der Waals surface area contributed by atoms with Gasteiger partial charge in [-0.3, -0.25) is 4.79 Å². The molecule has 0 saturated carbocycles. The fourth-order valence-corrected chi connectivity index (χ4v) is 3.96. The molecular weight excluding hydrogens is 360 g/mol. The van der Waals surface area contributed by atoms with Crippen molar-refractivity contribution >= 4 is 11.6 Å². The van der Waals surface area contributed by atoms with Gasteiger partial charge in [-0.1, -0.05) is 38.1 Å². The first-order valence-electron chi connectivity index (χ1n) is 10.8. The molecular formula is C25H34N2O2. The zero-order valence-corrected chi connectivity index (χ0v) is 18.2. The Morgan fingerprint density at radius 2 is 2.00 bits per heavy atom. The average Bonchev–Trinajstić information content (AvgIpc) is 2.72. The van der Waals surface area contributed by atoms with Crippen molar-refractivity contribution in [1.82, 2.24) is 5.32 Å². The van der Waals surface area contributed by atoms with Gasteiger partial charge in [0, 0.05) is 18.8 Å². The van der Waals surface area contributed by atoms with Crippen molar-refractivity contribution in [2.45, 2.75) is 59.1 Å². The zero-order valence-electron chi connectivity index (χ0n) is 18.2. The van der Waals surface area contributed by atoms with Gasteiger partial charge in [0.25, 0.3) is 5.91 Å². The van der Waals surface area contributed by atoms with Crippen LogP contribution in [-0.4, -0.2) is 25.1 Å². The highest BCUT2D eigenvalue weighted by molar-refractivity contribution is 5.81. The number of nitrogens with one attached hydrogen (secondary N) is 1. The number of nitrogens with zero attached hydrogens (tertiary/aromatic N) is 1. The minimum atomic E-state index is -0.492. The van der Waals surface area contributed by atoms with Gasteiger partial charge >= 0.3 is 0 Å². The standard InChI is InChI=1S/C25H34N2O2/c1-5-24(29-23-10-6-8-18(2)16-23)25(28)26-20(4)21-11-13-22(14-12-21)27-15-7-9-19(3)17-27/h6,8,10-14,16,19-20,24H,5,7,9,15,17H2,1-4H3,(H,26,28)/t19-,20-,24-/m0/s1. The van der Waals surface area contributed by atoms with E-state index in [2.05, 4.69) is 41.4 Å². The van der Waals surface area contributed by atoms with E-state index in [1.165, 1.54) is 18.5 Å². The Balaban J connectivity index is 1.59. The third-order valence-corrected chi connectivity index (χ3v) is 5.71. The van der Waals surface area contributed by atoms with Crippen molar-refractivity contribution in [3.63, 3.8) is 0 Å². The van der Waals surface area contributed by atoms with E-state index in [1.807, 2.05) is 45.0 Å². The molecule has 3 atom stereocenters. The Morgan fingerprint density at radius 1 is 1.24 bits per heavy atom. The molecule has 1 amide bonds. The summed E-state index contributed by atoms with van der Waals surface area (Å²) in [5.74, 6) is 1.41. The molecule has 29 heavy (non-hydrogen) atoms. The lowest BCUT2D eigenvalue weighted by Crippen LogP contribution is -2.39. The highest BCUT2D eigenvalue weighted by atomic mass is 16.5. The minimum Gasteiger partial charge on any atom is -0.481 e. The lowest BCUT2D eigenvalue weighted by Gasteiger charge is -2.33. The van der Waals surface area contributed by atoms with E-state index in [-0.39, 0.29) is 11.9 Å². The van der Waals surface area contributed by atoms with E-state index in [1.54, 1.807) is 0 Å². The van der Waals surface area contributed by atoms with Crippen molar-refractivity contribution in [1.29, 1.82) is 0 Å². The fourth-order valence-electron chi connectivity index (χ4n) is 3.96. The first-order chi connectivity index (χ1) is 14.0. The van der Waals surface area contributed by atoms with Gasteiger partial charge in [-0.2, -0.15) is 0 Å². The minimum absolute atomic E-state index is 0.0630. The number of carbonyl (C=O) groups is 1. The normalized spacial score (nSPS) is 18.8. The van der Waals surface area contributed by atoms with Gasteiger partial charge in [0.2, 0.25) is 0 Å². The Hall–Kier alpha value is -2.49. The van der Waals surface area contributed by atoms with E-state index in [9.17, 15) is 4.79 Å². The van der Waals surface area contributed by atoms with Crippen LogP contribution in [0.3, 0.4) is 0 Å². The van der Waals surface area contributed by atoms with Crippen LogP contribution < -0.4 is 15.0 Å². The molecule has 2 aromatic carbocycles. The zero-order chi connectivity index (χ0) is 20.8. The highest BCUT2D eigenvalue weighted by Gasteiger charge is 2.21. The summed E-state index contributed by atoms with van der Waals surface area (Å²) in [5.41, 5.74) is 3.50. The number of carbonyl (C=O) groups excluding carboxylic acids is 1. The van der Waals surface area contributed by atoms with Crippen LogP contribution in [0, 0.1) is 12.8 Å². The number of hydrogen-bond donors (Lipinski definition) is 1. The van der Waals surface area contributed by atoms with Crippen molar-refractivity contribution in [3.05, 3.63) is 59.7 Å². The maximum atomic E-state index is 12.8. The molecule has 4 heteroatoms. The number of aryl methyl sites for hydroxylation is 1. The van der Waals surface area contributed by atoms with Gasteiger partial charge in [0.05, 0.1) is 6.04 Å². The second kappa shape index (κ2) is 9.82. The SMILES string of the molecule is CC[C@H](Oc1cccc(C)c1)C(=O)N[C@@H](C)c1ccc(N2CCC[C@H](C)C2)cc1. The van der Waals surface area contributed by atoms with E-state index < -0.39 is 6.10 Å². The summed E-state index contributed by atoms with van der Waals surface area (Å²) in [5, 5.41) is 3.11. The monoisotopic (exact) mass is 394 g/mol. The van der Waals surface area contributed by atoms with Gasteiger partial charge in [0.15, 0.2) is 6.10 Å². The summed E-state index contributed by atoms with van der Waals surface area (Å²) in [6.07, 6.45) is 2.71. The number of benzene rings is 2. The van der Waals surface area contributed by atoms with E-state index in [0.717, 1.165) is 35.9 Å². The Bertz CT molecular complexity index is 803. The molecule has 1 aliphatic rings. The molecule has 0 unspecified atom stereocenters. The molecule has 1 aliphatic heterocycles. The first-order valence-corrected chi connectivity index (χ1v) is 10.8. The summed E-state index contributed by atoms with van der Waals surface area (Å²) in [6, 6.07) is 16.4. The second-order valence-electron chi connectivity index (χ2n) is 8.35. The summed E-state index contributed by atoms with van der Waals surface area (Å²) in [4.78, 5) is 15.2. The molecule has 1 N–H and O–H groups in total. The van der Waals surface area contributed by atoms with E-state index in [4.69, 9.17) is 4.74 Å². The lowest BCUT2D eigenvalue weighted by molar-refractivity contribution is -0.128. The van der Waals surface area contributed by atoms with Crippen molar-refractivity contribution in [2.24, 2.45) is 5.92 Å². The van der Waals surface area contributed by atoms with Crippen LogP contribution in [0.15, 0.2) is 48.5 Å². The molecule has 1 fully saturated rings. The smallest absolute Gasteiger partial charge is 0.261 e. The molecule has 156 valence electrons. The van der Waals surface area contributed by atoms with Gasteiger partial charge < -0.3 is 15.0 Å². The molecule has 1 saturated heterocycles. The number of ether oxygens (including phenoxy) is 1. The Morgan fingerprint density at radius 3 is 2.66 bits per heavy atom. The highest BCUT2D eigenvalue weighted by Crippen LogP contribution is 2.25. The van der Waals surface area contributed by atoms with Gasteiger partial charge in [-0.15, -0.1) is 0 Å². The molecule has 0 spiro atoms. The molecule has 0 bridgehead atoms.